The molecule has 0 spiro atoms. The number of carbonyl (C=O) groups excluding carboxylic acids is 1. The molecule has 1 aromatic carbocycles. The van der Waals surface area contributed by atoms with Crippen molar-refractivity contribution in [2.45, 2.75) is 64.7 Å². The zero-order chi connectivity index (χ0) is 14.3. The Labute approximate surface area is 119 Å². The Morgan fingerprint density at radius 2 is 1.58 bits per heavy atom. The molecule has 1 rings (SSSR count). The van der Waals surface area contributed by atoms with Crippen LogP contribution >= 0.6 is 0 Å². The van der Waals surface area contributed by atoms with E-state index in [-0.39, 0.29) is 0 Å². The number of hydrogen-bond donors (Lipinski definition) is 0. The topological polar surface area (TPSA) is 17.1 Å². The van der Waals surface area contributed by atoms with Gasteiger partial charge in [0.1, 0.15) is 5.78 Å². The Bertz CT molecular complexity index is 387. The van der Waals surface area contributed by atoms with Gasteiger partial charge in [0.2, 0.25) is 0 Å². The Balaban J connectivity index is 2.42. The van der Waals surface area contributed by atoms with E-state index in [0.717, 1.165) is 25.7 Å². The SMILES string of the molecule is CCCCC(=O)CCc1ccc(C[Si](C)(C)C)cc1. The van der Waals surface area contributed by atoms with Crippen LogP contribution in [-0.4, -0.2) is 13.9 Å². The van der Waals surface area contributed by atoms with Crippen LogP contribution in [0.15, 0.2) is 24.3 Å². The molecule has 0 amide bonds. The molecule has 0 aromatic heterocycles. The maximum atomic E-state index is 11.6. The molecule has 0 heterocycles. The number of carbonyl (C=O) groups is 1. The fraction of sp³-hybridized carbons (Fsp3) is 0.588. The number of hydrogen-bond acceptors (Lipinski definition) is 1. The zero-order valence-electron chi connectivity index (χ0n) is 13.0. The van der Waals surface area contributed by atoms with Crippen LogP contribution in [0.5, 0.6) is 0 Å². The lowest BCUT2D eigenvalue weighted by molar-refractivity contribution is -0.119. The van der Waals surface area contributed by atoms with Crippen molar-refractivity contribution in [1.29, 1.82) is 0 Å². The van der Waals surface area contributed by atoms with Crippen molar-refractivity contribution in [3.05, 3.63) is 35.4 Å². The summed E-state index contributed by atoms with van der Waals surface area (Å²) in [6.07, 6.45) is 4.50. The fourth-order valence-electron chi connectivity index (χ4n) is 2.22. The predicted molar refractivity (Wildman–Crippen MR) is 86.3 cm³/mol. The highest BCUT2D eigenvalue weighted by Gasteiger charge is 2.13. The minimum atomic E-state index is -1.02. The first-order chi connectivity index (χ1) is 8.90. The minimum absolute atomic E-state index is 0.410. The Morgan fingerprint density at radius 1 is 1.00 bits per heavy atom. The summed E-state index contributed by atoms with van der Waals surface area (Å²) >= 11 is 0. The third-order valence-electron chi connectivity index (χ3n) is 3.26. The molecule has 0 unspecified atom stereocenters. The van der Waals surface area contributed by atoms with Crippen molar-refractivity contribution in [3.63, 3.8) is 0 Å². The van der Waals surface area contributed by atoms with Crippen molar-refractivity contribution in [3.8, 4) is 0 Å². The van der Waals surface area contributed by atoms with Crippen LogP contribution in [0, 0.1) is 0 Å². The molecule has 0 saturated heterocycles. The third-order valence-corrected chi connectivity index (χ3v) is 4.73. The molecule has 0 fully saturated rings. The molecule has 0 atom stereocenters. The van der Waals surface area contributed by atoms with Gasteiger partial charge in [0, 0.05) is 20.9 Å². The Hall–Kier alpha value is -0.893. The highest BCUT2D eigenvalue weighted by atomic mass is 28.3. The molecule has 106 valence electrons. The molecule has 19 heavy (non-hydrogen) atoms. The maximum Gasteiger partial charge on any atom is 0.133 e. The number of benzene rings is 1. The normalized spacial score (nSPS) is 11.6. The zero-order valence-corrected chi connectivity index (χ0v) is 14.0. The van der Waals surface area contributed by atoms with E-state index in [1.165, 1.54) is 17.2 Å². The van der Waals surface area contributed by atoms with Gasteiger partial charge in [-0.2, -0.15) is 0 Å². The first-order valence-electron chi connectivity index (χ1n) is 7.50. The summed E-state index contributed by atoms with van der Waals surface area (Å²) in [6.45, 7) is 9.32. The number of aryl methyl sites for hydroxylation is 1. The van der Waals surface area contributed by atoms with E-state index in [1.54, 1.807) is 0 Å². The standard InChI is InChI=1S/C17H28OSi/c1-5-6-7-17(18)13-12-15-8-10-16(11-9-15)14-19(2,3)4/h8-11H,5-7,12-14H2,1-4H3. The monoisotopic (exact) mass is 276 g/mol. The van der Waals surface area contributed by atoms with Gasteiger partial charge in [0.15, 0.2) is 0 Å². The van der Waals surface area contributed by atoms with Gasteiger partial charge < -0.3 is 0 Å². The highest BCUT2D eigenvalue weighted by Crippen LogP contribution is 2.14. The Kier molecular flexibility index (Phi) is 6.50. The summed E-state index contributed by atoms with van der Waals surface area (Å²) in [4.78, 5) is 11.6. The molecule has 0 N–H and O–H groups in total. The predicted octanol–water partition coefficient (Wildman–Crippen LogP) is 4.80. The second-order valence-corrected chi connectivity index (χ2v) is 12.2. The maximum absolute atomic E-state index is 11.6. The summed E-state index contributed by atoms with van der Waals surface area (Å²) in [6, 6.07) is 10.1. The number of rotatable bonds is 8. The van der Waals surface area contributed by atoms with E-state index >= 15 is 0 Å². The summed E-state index contributed by atoms with van der Waals surface area (Å²) < 4.78 is 0. The number of ketones is 1. The Morgan fingerprint density at radius 3 is 2.11 bits per heavy atom. The second kappa shape index (κ2) is 7.64. The average molecular weight is 276 g/mol. The molecule has 0 aliphatic carbocycles. The molecule has 0 aliphatic heterocycles. The summed E-state index contributed by atoms with van der Waals surface area (Å²) in [5.41, 5.74) is 2.74. The van der Waals surface area contributed by atoms with Gasteiger partial charge in [-0.1, -0.05) is 62.8 Å². The van der Waals surface area contributed by atoms with E-state index in [9.17, 15) is 4.79 Å². The quantitative estimate of drug-likeness (QED) is 0.623. The molecule has 0 radical (unpaired) electrons. The van der Waals surface area contributed by atoms with E-state index in [4.69, 9.17) is 0 Å². The summed E-state index contributed by atoms with van der Waals surface area (Å²) in [5.74, 6) is 0.410. The van der Waals surface area contributed by atoms with E-state index in [0.29, 0.717) is 12.2 Å². The van der Waals surface area contributed by atoms with Gasteiger partial charge in [0.05, 0.1) is 0 Å². The molecule has 1 aromatic rings. The first-order valence-corrected chi connectivity index (χ1v) is 11.2. The molecular weight excluding hydrogens is 248 g/mol. The summed E-state index contributed by atoms with van der Waals surface area (Å²) in [7, 11) is -1.02. The number of Topliss-reactive ketones (excluding diaryl/α,β-unsaturated/α-hetero) is 1. The van der Waals surface area contributed by atoms with Crippen molar-refractivity contribution in [2.75, 3.05) is 0 Å². The lowest BCUT2D eigenvalue weighted by Crippen LogP contribution is -2.23. The van der Waals surface area contributed by atoms with Crippen LogP contribution in [0.25, 0.3) is 0 Å². The second-order valence-electron chi connectivity index (χ2n) is 6.70. The van der Waals surface area contributed by atoms with E-state index in [2.05, 4.69) is 50.8 Å². The number of unbranched alkanes of at least 4 members (excludes halogenated alkanes) is 1. The minimum Gasteiger partial charge on any atom is -0.300 e. The van der Waals surface area contributed by atoms with Crippen LogP contribution in [0.2, 0.25) is 19.6 Å². The molecule has 0 bridgehead atoms. The van der Waals surface area contributed by atoms with Crippen LogP contribution in [0.1, 0.15) is 43.7 Å². The molecule has 0 aliphatic rings. The largest absolute Gasteiger partial charge is 0.300 e. The molecule has 2 heteroatoms. The van der Waals surface area contributed by atoms with Gasteiger partial charge in [-0.25, -0.2) is 0 Å². The highest BCUT2D eigenvalue weighted by molar-refractivity contribution is 6.75. The van der Waals surface area contributed by atoms with E-state index in [1.807, 2.05) is 0 Å². The van der Waals surface area contributed by atoms with Crippen molar-refractivity contribution in [2.24, 2.45) is 0 Å². The van der Waals surface area contributed by atoms with Gasteiger partial charge in [-0.3, -0.25) is 4.79 Å². The lowest BCUT2D eigenvalue weighted by atomic mass is 10.0. The average Bonchev–Trinajstić information content (AvgIpc) is 2.33. The smallest absolute Gasteiger partial charge is 0.133 e. The fourth-order valence-corrected chi connectivity index (χ4v) is 3.68. The van der Waals surface area contributed by atoms with Gasteiger partial charge >= 0.3 is 0 Å². The third kappa shape index (κ3) is 7.31. The van der Waals surface area contributed by atoms with Crippen molar-refractivity contribution in [1.82, 2.24) is 0 Å². The van der Waals surface area contributed by atoms with Crippen LogP contribution in [0.4, 0.5) is 0 Å². The van der Waals surface area contributed by atoms with Crippen LogP contribution in [0.3, 0.4) is 0 Å². The molecule has 0 saturated carbocycles. The van der Waals surface area contributed by atoms with Gasteiger partial charge in [-0.15, -0.1) is 0 Å². The van der Waals surface area contributed by atoms with Gasteiger partial charge in [0.25, 0.3) is 0 Å². The first kappa shape index (κ1) is 16.2. The van der Waals surface area contributed by atoms with Crippen molar-refractivity contribution >= 4 is 13.9 Å². The molecular formula is C17H28OSi. The van der Waals surface area contributed by atoms with Crippen LogP contribution in [-0.2, 0) is 17.3 Å². The lowest BCUT2D eigenvalue weighted by Gasteiger charge is -2.15. The van der Waals surface area contributed by atoms with Crippen LogP contribution < -0.4 is 0 Å². The van der Waals surface area contributed by atoms with Gasteiger partial charge in [-0.05, 0) is 24.4 Å². The summed E-state index contributed by atoms with van der Waals surface area (Å²) in [5, 5.41) is 0. The van der Waals surface area contributed by atoms with Crippen molar-refractivity contribution < 1.29 is 4.79 Å². The van der Waals surface area contributed by atoms with E-state index < -0.39 is 8.07 Å². The molecule has 1 nitrogen and oxygen atoms in total.